The van der Waals surface area contributed by atoms with E-state index in [2.05, 4.69) is 9.69 Å². The molecule has 0 amide bonds. The van der Waals surface area contributed by atoms with Crippen LogP contribution in [0.5, 0.6) is 0 Å². The van der Waals surface area contributed by atoms with Crippen LogP contribution < -0.4 is 11.1 Å². The molecule has 88 valence electrons. The van der Waals surface area contributed by atoms with Crippen molar-refractivity contribution in [3.05, 3.63) is 0 Å². The number of hydrogen-bond donors (Lipinski definition) is 2. The molecule has 3 unspecified atom stereocenters. The van der Waals surface area contributed by atoms with Crippen molar-refractivity contribution >= 4 is 34.1 Å². The maximum atomic E-state index is 5.82. The Balaban J connectivity index is 1.74. The predicted molar refractivity (Wildman–Crippen MR) is 68.2 cm³/mol. The van der Waals surface area contributed by atoms with Gasteiger partial charge in [0.2, 0.25) is 0 Å². The number of hydrogen-bond acceptors (Lipinski definition) is 6. The Morgan fingerprint density at radius 2 is 2.44 bits per heavy atom. The van der Waals surface area contributed by atoms with Gasteiger partial charge in [0, 0.05) is 0 Å². The lowest BCUT2D eigenvalue weighted by molar-refractivity contribution is 0.102. The highest BCUT2D eigenvalue weighted by Gasteiger charge is 2.41. The highest BCUT2D eigenvalue weighted by Crippen LogP contribution is 2.40. The topological polar surface area (TPSA) is 60.2 Å². The second kappa shape index (κ2) is 4.09. The maximum Gasteiger partial charge on any atom is 0.153 e. The molecule has 2 bridgehead atoms. The summed E-state index contributed by atoms with van der Waals surface area (Å²) in [5.41, 5.74) is 5.81. The highest BCUT2D eigenvalue weighted by molar-refractivity contribution is 7.99. The van der Waals surface area contributed by atoms with Gasteiger partial charge in [-0.15, -0.1) is 11.8 Å². The molecule has 1 aromatic heterocycles. The Hall–Kier alpha value is -0.460. The van der Waals surface area contributed by atoms with Crippen LogP contribution in [0.15, 0.2) is 4.90 Å². The molecule has 3 atom stereocenters. The molecule has 4 nitrogen and oxygen atoms in total. The van der Waals surface area contributed by atoms with E-state index in [0.29, 0.717) is 24.1 Å². The minimum absolute atomic E-state index is 0.392. The summed E-state index contributed by atoms with van der Waals surface area (Å²) in [6, 6.07) is 0.449. The fourth-order valence-electron chi connectivity index (χ4n) is 2.54. The van der Waals surface area contributed by atoms with Crippen LogP contribution in [-0.2, 0) is 4.74 Å². The van der Waals surface area contributed by atoms with E-state index in [-0.39, 0.29) is 0 Å². The molecule has 16 heavy (non-hydrogen) atoms. The van der Waals surface area contributed by atoms with Crippen LogP contribution in [0.3, 0.4) is 0 Å². The number of rotatable bonds is 3. The lowest BCUT2D eigenvalue weighted by Crippen LogP contribution is -2.30. The van der Waals surface area contributed by atoms with Crippen molar-refractivity contribution in [1.29, 1.82) is 0 Å². The lowest BCUT2D eigenvalue weighted by atomic mass is 9.96. The molecule has 2 fully saturated rings. The maximum absolute atomic E-state index is 5.82. The normalized spacial score (nSPS) is 32.2. The minimum atomic E-state index is 0.392. The Morgan fingerprint density at radius 1 is 1.56 bits per heavy atom. The van der Waals surface area contributed by atoms with Crippen molar-refractivity contribution in [2.75, 3.05) is 17.3 Å². The lowest BCUT2D eigenvalue weighted by Gasteiger charge is -2.20. The zero-order chi connectivity index (χ0) is 11.1. The molecule has 6 heteroatoms. The average Bonchev–Trinajstić information content (AvgIpc) is 2.94. The minimum Gasteiger partial charge on any atom is -0.382 e. The molecule has 2 aliphatic rings. The van der Waals surface area contributed by atoms with Gasteiger partial charge in [-0.05, 0) is 37.1 Å². The van der Waals surface area contributed by atoms with Gasteiger partial charge < -0.3 is 15.8 Å². The molecule has 0 aliphatic carbocycles. The number of aromatic nitrogens is 1. The third-order valence-corrected chi connectivity index (χ3v) is 5.04. The van der Waals surface area contributed by atoms with Crippen molar-refractivity contribution in [2.45, 2.75) is 42.4 Å². The molecule has 3 heterocycles. The predicted octanol–water partition coefficient (Wildman–Crippen LogP) is 2.18. The second-order valence-corrected chi connectivity index (χ2v) is 5.88. The number of ether oxygens (including phenoxy) is 1. The molecule has 1 aromatic rings. The van der Waals surface area contributed by atoms with Gasteiger partial charge in [-0.2, -0.15) is 4.37 Å². The van der Waals surface area contributed by atoms with Gasteiger partial charge in [0.25, 0.3) is 0 Å². The van der Waals surface area contributed by atoms with Crippen molar-refractivity contribution in [3.63, 3.8) is 0 Å². The second-order valence-electron chi connectivity index (χ2n) is 4.29. The third-order valence-electron chi connectivity index (χ3n) is 3.30. The van der Waals surface area contributed by atoms with Crippen LogP contribution in [0.4, 0.5) is 10.8 Å². The van der Waals surface area contributed by atoms with E-state index in [0.717, 1.165) is 16.3 Å². The molecule has 3 N–H and O–H groups in total. The molecular weight excluding hydrogens is 242 g/mol. The van der Waals surface area contributed by atoms with Crippen LogP contribution in [0, 0.1) is 0 Å². The third kappa shape index (κ3) is 1.69. The SMILES string of the molecule is CSc1c(N)nsc1NC1CC2CCC1O2. The quantitative estimate of drug-likeness (QED) is 0.813. The van der Waals surface area contributed by atoms with Crippen LogP contribution in [0.25, 0.3) is 0 Å². The first-order chi connectivity index (χ1) is 7.78. The summed E-state index contributed by atoms with van der Waals surface area (Å²) >= 11 is 3.10. The van der Waals surface area contributed by atoms with E-state index in [1.54, 1.807) is 11.8 Å². The Bertz CT molecular complexity index is 395. The van der Waals surface area contributed by atoms with Crippen LogP contribution in [0.1, 0.15) is 19.3 Å². The van der Waals surface area contributed by atoms with Crippen LogP contribution in [0.2, 0.25) is 0 Å². The summed E-state index contributed by atoms with van der Waals surface area (Å²) in [5, 5.41) is 4.65. The number of fused-ring (bicyclic) bond motifs is 2. The monoisotopic (exact) mass is 257 g/mol. The standard InChI is InChI=1S/C10H15N3OS2/c1-15-8-9(11)13-16-10(8)12-6-4-5-2-3-7(6)14-5/h5-7,12H,2-4H2,1H3,(H2,11,13). The summed E-state index contributed by atoms with van der Waals surface area (Å²) in [6.45, 7) is 0. The Kier molecular flexibility index (Phi) is 2.73. The van der Waals surface area contributed by atoms with Crippen molar-refractivity contribution < 1.29 is 4.74 Å². The molecule has 0 saturated carbocycles. The van der Waals surface area contributed by atoms with E-state index in [4.69, 9.17) is 10.5 Å². The van der Waals surface area contributed by atoms with Gasteiger partial charge in [0.1, 0.15) is 5.00 Å². The van der Waals surface area contributed by atoms with Crippen molar-refractivity contribution in [3.8, 4) is 0 Å². The first-order valence-electron chi connectivity index (χ1n) is 5.49. The summed E-state index contributed by atoms with van der Waals surface area (Å²) < 4.78 is 10.0. The number of nitrogens with zero attached hydrogens (tertiary/aromatic N) is 1. The van der Waals surface area contributed by atoms with Gasteiger partial charge in [0.15, 0.2) is 5.82 Å². The van der Waals surface area contributed by atoms with E-state index in [1.807, 2.05) is 6.26 Å². The van der Waals surface area contributed by atoms with Crippen LogP contribution >= 0.6 is 23.3 Å². The number of nitrogens with one attached hydrogen (secondary N) is 1. The first kappa shape index (κ1) is 10.7. The molecule has 3 rings (SSSR count). The first-order valence-corrected chi connectivity index (χ1v) is 7.49. The molecule has 0 radical (unpaired) electrons. The fourth-order valence-corrected chi connectivity index (χ4v) is 4.13. The number of nitrogen functional groups attached to an aromatic ring is 1. The zero-order valence-electron chi connectivity index (χ0n) is 9.10. The molecule has 0 spiro atoms. The largest absolute Gasteiger partial charge is 0.382 e. The fraction of sp³-hybridized carbons (Fsp3) is 0.700. The Morgan fingerprint density at radius 3 is 3.06 bits per heavy atom. The highest BCUT2D eigenvalue weighted by atomic mass is 32.2. The molecular formula is C10H15N3OS2. The van der Waals surface area contributed by atoms with Crippen LogP contribution in [-0.4, -0.2) is 28.9 Å². The Labute approximate surface area is 103 Å². The summed E-state index contributed by atoms with van der Waals surface area (Å²) in [6.07, 6.45) is 6.43. The van der Waals surface area contributed by atoms with Gasteiger partial charge in [-0.3, -0.25) is 0 Å². The van der Waals surface area contributed by atoms with Gasteiger partial charge in [0.05, 0.1) is 23.1 Å². The molecule has 0 aromatic carbocycles. The average molecular weight is 257 g/mol. The van der Waals surface area contributed by atoms with E-state index >= 15 is 0 Å². The number of thioether (sulfide) groups is 1. The summed E-state index contributed by atoms with van der Waals surface area (Å²) in [4.78, 5) is 1.08. The van der Waals surface area contributed by atoms with Gasteiger partial charge >= 0.3 is 0 Å². The summed E-state index contributed by atoms with van der Waals surface area (Å²) in [5.74, 6) is 0.643. The van der Waals surface area contributed by atoms with Crippen molar-refractivity contribution in [1.82, 2.24) is 4.37 Å². The number of nitrogens with two attached hydrogens (primary N) is 1. The van der Waals surface area contributed by atoms with Gasteiger partial charge in [-0.1, -0.05) is 0 Å². The van der Waals surface area contributed by atoms with E-state index in [1.165, 1.54) is 24.4 Å². The van der Waals surface area contributed by atoms with E-state index < -0.39 is 0 Å². The van der Waals surface area contributed by atoms with Crippen molar-refractivity contribution in [2.24, 2.45) is 0 Å². The molecule has 2 saturated heterocycles. The van der Waals surface area contributed by atoms with Gasteiger partial charge in [-0.25, -0.2) is 0 Å². The zero-order valence-corrected chi connectivity index (χ0v) is 10.7. The molecule has 2 aliphatic heterocycles. The number of anilines is 2. The smallest absolute Gasteiger partial charge is 0.153 e. The van der Waals surface area contributed by atoms with E-state index in [9.17, 15) is 0 Å². The summed E-state index contributed by atoms with van der Waals surface area (Å²) in [7, 11) is 0.